The minimum atomic E-state index is -0.656. The van der Waals surface area contributed by atoms with Crippen LogP contribution in [-0.4, -0.2) is 84.0 Å². The van der Waals surface area contributed by atoms with E-state index in [2.05, 4.69) is 26.2 Å². The van der Waals surface area contributed by atoms with E-state index in [0.717, 1.165) is 38.6 Å². The summed E-state index contributed by atoms with van der Waals surface area (Å²) in [4.78, 5) is 22.6. The number of phenolic OH excluding ortho intramolecular Hbond substituents is 2. The average molecular weight is 664 g/mol. The number of nitriles is 1. The Morgan fingerprint density at radius 1 is 0.918 bits per heavy atom. The van der Waals surface area contributed by atoms with Crippen molar-refractivity contribution in [2.24, 2.45) is 0 Å². The number of piperazine rings is 1. The summed E-state index contributed by atoms with van der Waals surface area (Å²) in [5.74, 6) is 0.983. The van der Waals surface area contributed by atoms with Crippen molar-refractivity contribution in [3.05, 3.63) is 81.2 Å². The van der Waals surface area contributed by atoms with Gasteiger partial charge in [-0.05, 0) is 68.8 Å². The zero-order chi connectivity index (χ0) is 34.9. The van der Waals surface area contributed by atoms with Crippen molar-refractivity contribution in [1.29, 1.82) is 5.26 Å². The summed E-state index contributed by atoms with van der Waals surface area (Å²) >= 11 is 0. The lowest BCUT2D eigenvalue weighted by Crippen LogP contribution is -2.68. The van der Waals surface area contributed by atoms with Gasteiger partial charge < -0.3 is 29.7 Å². The second kappa shape index (κ2) is 12.1. The van der Waals surface area contributed by atoms with E-state index < -0.39 is 12.1 Å². The molecule has 5 atom stereocenters. The number of aromatic nitrogens is 1. The Morgan fingerprint density at radius 2 is 1.57 bits per heavy atom. The zero-order valence-corrected chi connectivity index (χ0v) is 28.8. The lowest BCUT2D eigenvalue weighted by atomic mass is 9.70. The number of methoxy groups -OCH3 is 3. The Hall–Kier alpha value is -5.05. The number of ether oxygens (including phenoxy) is 3. The Morgan fingerprint density at radius 3 is 2.27 bits per heavy atom. The number of benzene rings is 3. The zero-order valence-electron chi connectivity index (χ0n) is 28.8. The Balaban J connectivity index is 1.42. The van der Waals surface area contributed by atoms with Crippen LogP contribution in [0.1, 0.15) is 61.5 Å². The van der Waals surface area contributed by atoms with Crippen LogP contribution < -0.4 is 19.5 Å². The number of phenols is 2. The highest BCUT2D eigenvalue weighted by molar-refractivity contribution is 6.05. The summed E-state index contributed by atoms with van der Waals surface area (Å²) < 4.78 is 17.4. The van der Waals surface area contributed by atoms with E-state index in [1.807, 2.05) is 58.2 Å². The van der Waals surface area contributed by atoms with Crippen molar-refractivity contribution in [2.75, 3.05) is 34.9 Å². The van der Waals surface area contributed by atoms with E-state index >= 15 is 0 Å². The van der Waals surface area contributed by atoms with Gasteiger partial charge in [0.2, 0.25) is 0 Å². The van der Waals surface area contributed by atoms with Gasteiger partial charge in [0.05, 0.1) is 39.5 Å². The van der Waals surface area contributed by atoms with E-state index in [9.17, 15) is 20.3 Å². The maximum Gasteiger partial charge on any atom is 0.270 e. The number of aromatic hydroxyl groups is 2. The van der Waals surface area contributed by atoms with Crippen LogP contribution in [0.5, 0.6) is 28.7 Å². The predicted molar refractivity (Wildman–Crippen MR) is 184 cm³/mol. The van der Waals surface area contributed by atoms with E-state index in [1.54, 1.807) is 20.4 Å². The molecule has 4 heterocycles. The molecule has 1 saturated heterocycles. The number of carbonyl (C=O) groups excluding carboxylic acids is 1. The number of hydrogen-bond acceptors (Lipinski definition) is 10. The Labute approximate surface area is 285 Å². The van der Waals surface area contributed by atoms with Crippen molar-refractivity contribution in [3.63, 3.8) is 0 Å². The number of carbonyl (C=O) groups is 1. The molecule has 3 aromatic carbocycles. The highest BCUT2D eigenvalue weighted by Gasteiger charge is 2.56. The largest absolute Gasteiger partial charge is 0.504 e. The molecule has 0 unspecified atom stereocenters. The number of nitrogens with zero attached hydrogens (tertiary/aromatic N) is 4. The third-order valence-corrected chi connectivity index (χ3v) is 11.2. The number of hydrogen-bond donors (Lipinski definition) is 3. The van der Waals surface area contributed by atoms with E-state index in [1.165, 1.54) is 7.11 Å². The minimum Gasteiger partial charge on any atom is -0.504 e. The fraction of sp³-hybridized carbons (Fsp3) is 0.395. The molecule has 1 amide bonds. The highest BCUT2D eigenvalue weighted by Crippen LogP contribution is 2.57. The van der Waals surface area contributed by atoms with Gasteiger partial charge in [-0.2, -0.15) is 5.26 Å². The molecule has 2 bridgehead atoms. The lowest BCUT2D eigenvalue weighted by Gasteiger charge is -2.60. The van der Waals surface area contributed by atoms with Crippen LogP contribution in [0, 0.1) is 32.1 Å². The van der Waals surface area contributed by atoms with Crippen LogP contribution in [0.25, 0.3) is 10.8 Å². The Kier molecular flexibility index (Phi) is 8.04. The molecule has 254 valence electrons. The van der Waals surface area contributed by atoms with Crippen LogP contribution in [0.2, 0.25) is 0 Å². The molecule has 3 aliphatic rings. The van der Waals surface area contributed by atoms with Gasteiger partial charge in [-0.3, -0.25) is 19.6 Å². The monoisotopic (exact) mass is 663 g/mol. The molecule has 11 nitrogen and oxygen atoms in total. The second-order valence-electron chi connectivity index (χ2n) is 13.2. The first-order valence-electron chi connectivity index (χ1n) is 16.4. The van der Waals surface area contributed by atoms with Gasteiger partial charge in [-0.25, -0.2) is 0 Å². The summed E-state index contributed by atoms with van der Waals surface area (Å²) in [7, 11) is 6.66. The summed E-state index contributed by atoms with van der Waals surface area (Å²) in [6, 6.07) is 9.84. The number of amides is 1. The molecule has 0 saturated carbocycles. The summed E-state index contributed by atoms with van der Waals surface area (Å²) in [5, 5.41) is 39.4. The third-order valence-electron chi connectivity index (χ3n) is 11.2. The molecule has 3 aliphatic heterocycles. The molecular formula is C38H41N5O6. The maximum atomic E-state index is 13.9. The second-order valence-corrected chi connectivity index (χ2v) is 13.2. The molecule has 3 N–H and O–H groups in total. The third kappa shape index (κ3) is 4.61. The first-order chi connectivity index (χ1) is 23.6. The van der Waals surface area contributed by atoms with Crippen LogP contribution in [0.15, 0.2) is 36.5 Å². The summed E-state index contributed by atoms with van der Waals surface area (Å²) in [6.45, 7) is 5.89. The molecule has 1 aromatic heterocycles. The first-order valence-corrected chi connectivity index (χ1v) is 16.4. The molecule has 1 fully saturated rings. The topological polar surface area (TPSA) is 140 Å². The van der Waals surface area contributed by atoms with E-state index in [4.69, 9.17) is 14.2 Å². The van der Waals surface area contributed by atoms with Crippen molar-refractivity contribution in [2.45, 2.75) is 63.8 Å². The molecule has 7 rings (SSSR count). The molecule has 11 heteroatoms. The molecule has 0 aliphatic carbocycles. The molecule has 49 heavy (non-hydrogen) atoms. The van der Waals surface area contributed by atoms with Gasteiger partial charge in [-0.1, -0.05) is 24.3 Å². The average Bonchev–Trinajstić information content (AvgIpc) is 3.10. The Bertz CT molecular complexity index is 2050. The van der Waals surface area contributed by atoms with Gasteiger partial charge in [0.1, 0.15) is 17.5 Å². The van der Waals surface area contributed by atoms with Gasteiger partial charge >= 0.3 is 0 Å². The number of fused-ring (bicyclic) bond motifs is 8. The minimum absolute atomic E-state index is 0.0473. The highest BCUT2D eigenvalue weighted by atomic mass is 16.5. The lowest BCUT2D eigenvalue weighted by molar-refractivity contribution is -0.0723. The fourth-order valence-electron chi connectivity index (χ4n) is 8.92. The van der Waals surface area contributed by atoms with Gasteiger partial charge in [0, 0.05) is 52.5 Å². The number of pyridine rings is 1. The fourth-order valence-corrected chi connectivity index (χ4v) is 8.92. The van der Waals surface area contributed by atoms with Crippen LogP contribution in [0.4, 0.5) is 0 Å². The van der Waals surface area contributed by atoms with Crippen molar-refractivity contribution in [3.8, 4) is 34.8 Å². The molecule has 0 radical (unpaired) electrons. The van der Waals surface area contributed by atoms with E-state index in [0.29, 0.717) is 35.5 Å². The normalized spacial score (nSPS) is 22.8. The molecule has 4 aromatic rings. The van der Waals surface area contributed by atoms with Crippen molar-refractivity contribution in [1.82, 2.24) is 20.1 Å². The summed E-state index contributed by atoms with van der Waals surface area (Å²) in [6.07, 6.45) is 2.55. The molecular weight excluding hydrogens is 622 g/mol. The SMILES string of the molecule is COc1c(C)c(C)c2c(c1O)[C@@H]1[C@@H]3Cc4c(OC)c(C)c(OC)c(O)c4[C@H](CNC(=O)c4nccc5ccccc45)N3[C@@H](C#N)[C@H](C2)N1C. The van der Waals surface area contributed by atoms with Crippen LogP contribution in [-0.2, 0) is 12.8 Å². The van der Waals surface area contributed by atoms with Crippen LogP contribution >= 0.6 is 0 Å². The first kappa shape index (κ1) is 32.5. The number of likely N-dealkylation sites (N-methyl/N-ethyl adjacent to an activating group) is 1. The smallest absolute Gasteiger partial charge is 0.270 e. The van der Waals surface area contributed by atoms with Crippen LogP contribution in [0.3, 0.4) is 0 Å². The van der Waals surface area contributed by atoms with Crippen molar-refractivity contribution < 1.29 is 29.2 Å². The maximum absolute atomic E-state index is 13.9. The summed E-state index contributed by atoms with van der Waals surface area (Å²) in [5.41, 5.74) is 5.98. The molecule has 0 spiro atoms. The van der Waals surface area contributed by atoms with E-state index in [-0.39, 0.29) is 53.5 Å². The van der Waals surface area contributed by atoms with Gasteiger partial charge in [-0.15, -0.1) is 0 Å². The van der Waals surface area contributed by atoms with Gasteiger partial charge in [0.25, 0.3) is 5.91 Å². The standard InChI is InChI=1S/C38H41N5O6/c1-18-19(2)36(48-6)34(45)30-23(18)14-25-27(16-39)43-26(32(30)42(25)4)15-24-29(33(44)37(49-7)20(3)35(24)47-5)28(43)17-41-38(46)31-22-11-9-8-10-21(22)12-13-40-31/h8-13,25-28,32,44-45H,14-15,17H2,1-7H3,(H,41,46)/t25-,26-,27-,28-,32-/m0/s1. The quantitative estimate of drug-likeness (QED) is 0.264. The van der Waals surface area contributed by atoms with Crippen molar-refractivity contribution >= 4 is 16.7 Å². The van der Waals surface area contributed by atoms with Gasteiger partial charge in [0.15, 0.2) is 23.0 Å². The number of nitrogens with one attached hydrogen (secondary N) is 1. The number of rotatable bonds is 6. The predicted octanol–water partition coefficient (Wildman–Crippen LogP) is 4.80.